The Hall–Kier alpha value is -0.870. The van der Waals surface area contributed by atoms with Gasteiger partial charge in [0.05, 0.1) is 11.8 Å². The van der Waals surface area contributed by atoms with Crippen LogP contribution in [0.3, 0.4) is 0 Å². The Bertz CT molecular complexity index is 316. The SMILES string of the molecule is Cn1ccc(CCNC2CCC(O)CC2)n1. The summed E-state index contributed by atoms with van der Waals surface area (Å²) >= 11 is 0. The van der Waals surface area contributed by atoms with E-state index in [0.29, 0.717) is 6.04 Å². The second-order valence-electron chi connectivity index (χ2n) is 4.69. The largest absolute Gasteiger partial charge is 0.393 e. The molecule has 0 saturated heterocycles. The Morgan fingerprint density at radius 3 is 2.81 bits per heavy atom. The van der Waals surface area contributed by atoms with Gasteiger partial charge in [0.1, 0.15) is 0 Å². The van der Waals surface area contributed by atoms with Gasteiger partial charge in [-0.1, -0.05) is 0 Å². The fourth-order valence-corrected chi connectivity index (χ4v) is 2.28. The Kier molecular flexibility index (Phi) is 3.96. The predicted octanol–water partition coefficient (Wildman–Crippen LogP) is 0.856. The van der Waals surface area contributed by atoms with Gasteiger partial charge in [0.15, 0.2) is 0 Å². The number of aliphatic hydroxyl groups excluding tert-OH is 1. The van der Waals surface area contributed by atoms with Crippen molar-refractivity contribution in [3.05, 3.63) is 18.0 Å². The van der Waals surface area contributed by atoms with Crippen LogP contribution in [0.25, 0.3) is 0 Å². The van der Waals surface area contributed by atoms with Crippen molar-refractivity contribution < 1.29 is 5.11 Å². The molecule has 0 atom stereocenters. The molecule has 0 aromatic carbocycles. The van der Waals surface area contributed by atoms with E-state index in [-0.39, 0.29) is 6.10 Å². The minimum absolute atomic E-state index is 0.0613. The van der Waals surface area contributed by atoms with Gasteiger partial charge in [0.25, 0.3) is 0 Å². The van der Waals surface area contributed by atoms with Gasteiger partial charge in [-0.05, 0) is 31.7 Å². The summed E-state index contributed by atoms with van der Waals surface area (Å²) in [4.78, 5) is 0. The van der Waals surface area contributed by atoms with Gasteiger partial charge in [-0.25, -0.2) is 0 Å². The standard InChI is InChI=1S/C12H21N3O/c1-15-9-7-11(14-15)6-8-13-10-2-4-12(16)5-3-10/h7,9-10,12-13,16H,2-6,8H2,1H3. The lowest BCUT2D eigenvalue weighted by molar-refractivity contribution is 0.117. The van der Waals surface area contributed by atoms with Gasteiger partial charge < -0.3 is 10.4 Å². The fourth-order valence-electron chi connectivity index (χ4n) is 2.28. The molecule has 1 aliphatic carbocycles. The number of aromatic nitrogens is 2. The lowest BCUT2D eigenvalue weighted by atomic mass is 9.93. The molecule has 0 bridgehead atoms. The van der Waals surface area contributed by atoms with E-state index >= 15 is 0 Å². The van der Waals surface area contributed by atoms with E-state index < -0.39 is 0 Å². The highest BCUT2D eigenvalue weighted by atomic mass is 16.3. The Labute approximate surface area is 96.7 Å². The number of aryl methyl sites for hydroxylation is 1. The first-order chi connectivity index (χ1) is 7.74. The smallest absolute Gasteiger partial charge is 0.0637 e. The maximum Gasteiger partial charge on any atom is 0.0637 e. The number of aliphatic hydroxyl groups is 1. The van der Waals surface area contributed by atoms with Crippen molar-refractivity contribution in [1.82, 2.24) is 15.1 Å². The molecule has 0 amide bonds. The lowest BCUT2D eigenvalue weighted by Crippen LogP contribution is -2.35. The molecule has 1 fully saturated rings. The monoisotopic (exact) mass is 223 g/mol. The highest BCUT2D eigenvalue weighted by Gasteiger charge is 2.18. The maximum atomic E-state index is 9.39. The molecule has 0 radical (unpaired) electrons. The molecule has 2 rings (SSSR count). The van der Waals surface area contributed by atoms with E-state index in [9.17, 15) is 5.11 Å². The molecular formula is C12H21N3O. The highest BCUT2D eigenvalue weighted by molar-refractivity contribution is 4.99. The zero-order valence-corrected chi connectivity index (χ0v) is 9.89. The molecular weight excluding hydrogens is 202 g/mol. The summed E-state index contributed by atoms with van der Waals surface area (Å²) in [6.45, 7) is 0.984. The van der Waals surface area contributed by atoms with E-state index in [1.807, 2.05) is 17.9 Å². The molecule has 2 N–H and O–H groups in total. The molecule has 1 aromatic heterocycles. The Morgan fingerprint density at radius 1 is 1.44 bits per heavy atom. The molecule has 1 aliphatic rings. The van der Waals surface area contributed by atoms with Crippen molar-refractivity contribution in [2.45, 2.75) is 44.2 Å². The van der Waals surface area contributed by atoms with Crippen molar-refractivity contribution in [2.75, 3.05) is 6.54 Å². The van der Waals surface area contributed by atoms with Crippen LogP contribution in [0.15, 0.2) is 12.3 Å². The fraction of sp³-hybridized carbons (Fsp3) is 0.750. The number of hydrogen-bond donors (Lipinski definition) is 2. The molecule has 0 spiro atoms. The van der Waals surface area contributed by atoms with E-state index in [2.05, 4.69) is 16.5 Å². The van der Waals surface area contributed by atoms with E-state index in [4.69, 9.17) is 0 Å². The first-order valence-electron chi connectivity index (χ1n) is 6.14. The molecule has 90 valence electrons. The predicted molar refractivity (Wildman–Crippen MR) is 63.2 cm³/mol. The summed E-state index contributed by atoms with van der Waals surface area (Å²) in [5, 5.41) is 17.3. The van der Waals surface area contributed by atoms with Crippen LogP contribution in [0.5, 0.6) is 0 Å². The second-order valence-corrected chi connectivity index (χ2v) is 4.69. The van der Waals surface area contributed by atoms with E-state index in [1.54, 1.807) is 0 Å². The summed E-state index contributed by atoms with van der Waals surface area (Å²) in [7, 11) is 1.94. The van der Waals surface area contributed by atoms with Gasteiger partial charge in [-0.2, -0.15) is 5.10 Å². The van der Waals surface area contributed by atoms with Crippen molar-refractivity contribution in [3.8, 4) is 0 Å². The topological polar surface area (TPSA) is 50.1 Å². The molecule has 16 heavy (non-hydrogen) atoms. The van der Waals surface area contributed by atoms with Gasteiger partial charge in [-0.3, -0.25) is 4.68 Å². The third-order valence-electron chi connectivity index (χ3n) is 3.28. The van der Waals surface area contributed by atoms with Crippen LogP contribution in [-0.2, 0) is 13.5 Å². The lowest BCUT2D eigenvalue weighted by Gasteiger charge is -2.26. The summed E-state index contributed by atoms with van der Waals surface area (Å²) in [5.74, 6) is 0. The molecule has 4 heteroatoms. The van der Waals surface area contributed by atoms with E-state index in [1.165, 1.54) is 0 Å². The van der Waals surface area contributed by atoms with Gasteiger partial charge in [-0.15, -0.1) is 0 Å². The van der Waals surface area contributed by atoms with Crippen molar-refractivity contribution in [2.24, 2.45) is 7.05 Å². The van der Waals surface area contributed by atoms with Crippen LogP contribution in [0.2, 0.25) is 0 Å². The molecule has 0 aliphatic heterocycles. The van der Waals surface area contributed by atoms with Crippen LogP contribution < -0.4 is 5.32 Å². The average molecular weight is 223 g/mol. The molecule has 1 heterocycles. The number of hydrogen-bond acceptors (Lipinski definition) is 3. The number of nitrogens with one attached hydrogen (secondary N) is 1. The molecule has 0 unspecified atom stereocenters. The van der Waals surface area contributed by atoms with Gasteiger partial charge in [0.2, 0.25) is 0 Å². The molecule has 4 nitrogen and oxygen atoms in total. The number of nitrogens with zero attached hydrogens (tertiary/aromatic N) is 2. The van der Waals surface area contributed by atoms with Crippen LogP contribution in [0.1, 0.15) is 31.4 Å². The van der Waals surface area contributed by atoms with Crippen LogP contribution in [-0.4, -0.2) is 33.6 Å². The van der Waals surface area contributed by atoms with Crippen molar-refractivity contribution in [1.29, 1.82) is 0 Å². The summed E-state index contributed by atoms with van der Waals surface area (Å²) in [6.07, 6.45) is 7.00. The van der Waals surface area contributed by atoms with Crippen LogP contribution in [0, 0.1) is 0 Å². The molecule has 1 aromatic rings. The number of rotatable bonds is 4. The summed E-state index contributed by atoms with van der Waals surface area (Å²) < 4.78 is 1.84. The first-order valence-corrected chi connectivity index (χ1v) is 6.14. The van der Waals surface area contributed by atoms with Crippen LogP contribution in [0.4, 0.5) is 0 Å². The maximum absolute atomic E-state index is 9.39. The summed E-state index contributed by atoms with van der Waals surface area (Å²) in [5.41, 5.74) is 1.14. The average Bonchev–Trinajstić information content (AvgIpc) is 2.67. The van der Waals surface area contributed by atoms with E-state index in [0.717, 1.165) is 44.3 Å². The third kappa shape index (κ3) is 3.32. The Balaban J connectivity index is 1.64. The van der Waals surface area contributed by atoms with Crippen molar-refractivity contribution >= 4 is 0 Å². The zero-order valence-electron chi connectivity index (χ0n) is 9.89. The normalized spacial score (nSPS) is 25.9. The zero-order chi connectivity index (χ0) is 11.4. The highest BCUT2D eigenvalue weighted by Crippen LogP contribution is 2.18. The van der Waals surface area contributed by atoms with Gasteiger partial charge >= 0.3 is 0 Å². The minimum atomic E-state index is -0.0613. The second kappa shape index (κ2) is 5.46. The first kappa shape index (κ1) is 11.6. The Morgan fingerprint density at radius 2 is 2.19 bits per heavy atom. The minimum Gasteiger partial charge on any atom is -0.393 e. The van der Waals surface area contributed by atoms with Gasteiger partial charge in [0, 0.05) is 32.3 Å². The molecule has 1 saturated carbocycles. The van der Waals surface area contributed by atoms with Crippen LogP contribution >= 0.6 is 0 Å². The third-order valence-corrected chi connectivity index (χ3v) is 3.28. The quantitative estimate of drug-likeness (QED) is 0.796. The van der Waals surface area contributed by atoms with Crippen molar-refractivity contribution in [3.63, 3.8) is 0 Å². The summed E-state index contributed by atoms with van der Waals surface area (Å²) in [6, 6.07) is 2.65.